The van der Waals surface area contributed by atoms with E-state index in [4.69, 9.17) is 10.5 Å². The second-order valence-corrected chi connectivity index (χ2v) is 6.07. The van der Waals surface area contributed by atoms with Crippen molar-refractivity contribution in [2.45, 2.75) is 6.42 Å². The number of nitrogens with two attached hydrogens (primary N) is 1. The van der Waals surface area contributed by atoms with Crippen LogP contribution in [0.2, 0.25) is 0 Å². The number of aromatic amines is 1. The summed E-state index contributed by atoms with van der Waals surface area (Å²) < 4.78 is 5.72. The lowest BCUT2D eigenvalue weighted by molar-refractivity contribution is 0.309. The fraction of sp³-hybridized carbons (Fsp3) is 0.0952. The smallest absolute Gasteiger partial charge is 0.233 e. The van der Waals surface area contributed by atoms with Crippen molar-refractivity contribution in [2.24, 2.45) is 0 Å². The van der Waals surface area contributed by atoms with E-state index >= 15 is 0 Å². The van der Waals surface area contributed by atoms with Crippen molar-refractivity contribution in [1.29, 1.82) is 5.26 Å². The number of nitriles is 1. The molecule has 0 aliphatic carbocycles. The van der Waals surface area contributed by atoms with E-state index in [2.05, 4.69) is 21.0 Å². The van der Waals surface area contributed by atoms with Crippen LogP contribution in [0.3, 0.4) is 0 Å². The van der Waals surface area contributed by atoms with Crippen molar-refractivity contribution in [3.8, 4) is 23.3 Å². The summed E-state index contributed by atoms with van der Waals surface area (Å²) in [6.07, 6.45) is 0.721. The topological polar surface area (TPSA) is 101 Å². The maximum absolute atomic E-state index is 9.50. The number of nitrogen functional groups attached to an aromatic ring is 1. The molecule has 0 amide bonds. The van der Waals surface area contributed by atoms with Crippen LogP contribution in [0.5, 0.6) is 5.88 Å². The molecule has 0 unspecified atom stereocenters. The molecule has 0 fully saturated rings. The highest BCUT2D eigenvalue weighted by Gasteiger charge is 2.15. The number of nitrogens with zero attached hydrogens (tertiary/aromatic N) is 3. The van der Waals surface area contributed by atoms with Crippen molar-refractivity contribution < 1.29 is 4.74 Å². The number of rotatable bonds is 5. The number of para-hydroxylation sites is 2. The Morgan fingerprint density at radius 2 is 1.81 bits per heavy atom. The average Bonchev–Trinajstić information content (AvgIpc) is 3.13. The second kappa shape index (κ2) is 7.18. The number of anilines is 1. The molecule has 0 radical (unpaired) electrons. The Bertz CT molecular complexity index is 1100. The SMILES string of the molecule is N#Cc1cc(-c2nc3ccccc3[nH]2)c(N)nc1OCCc1ccccc1. The third-order valence-corrected chi connectivity index (χ3v) is 4.25. The van der Waals surface area contributed by atoms with Crippen LogP contribution in [0, 0.1) is 11.3 Å². The standard InChI is InChI=1S/C21H17N5O/c22-13-15-12-16(20-24-17-8-4-5-9-18(17)25-20)19(23)26-21(15)27-11-10-14-6-2-1-3-7-14/h1-9,12H,10-11H2,(H2,23,26)(H,24,25). The zero-order chi connectivity index (χ0) is 18.6. The summed E-state index contributed by atoms with van der Waals surface area (Å²) in [6.45, 7) is 0.412. The molecule has 4 rings (SSSR count). The van der Waals surface area contributed by atoms with Gasteiger partial charge in [-0.05, 0) is 23.8 Å². The van der Waals surface area contributed by atoms with Gasteiger partial charge >= 0.3 is 0 Å². The fourth-order valence-electron chi connectivity index (χ4n) is 2.88. The highest BCUT2D eigenvalue weighted by molar-refractivity contribution is 5.82. The second-order valence-electron chi connectivity index (χ2n) is 6.07. The van der Waals surface area contributed by atoms with Gasteiger partial charge in [0.2, 0.25) is 5.88 Å². The minimum atomic E-state index is 0.241. The number of ether oxygens (including phenoxy) is 1. The van der Waals surface area contributed by atoms with Crippen LogP contribution in [-0.4, -0.2) is 21.6 Å². The van der Waals surface area contributed by atoms with Crippen molar-refractivity contribution >= 4 is 16.9 Å². The summed E-state index contributed by atoms with van der Waals surface area (Å²) in [5, 5.41) is 9.50. The number of hydrogen-bond donors (Lipinski definition) is 2. The monoisotopic (exact) mass is 355 g/mol. The number of hydrogen-bond acceptors (Lipinski definition) is 5. The predicted molar refractivity (Wildman–Crippen MR) is 104 cm³/mol. The van der Waals surface area contributed by atoms with Gasteiger partial charge in [-0.15, -0.1) is 0 Å². The number of imidazole rings is 1. The number of aromatic nitrogens is 3. The van der Waals surface area contributed by atoms with Crippen LogP contribution in [0.4, 0.5) is 5.82 Å². The van der Waals surface area contributed by atoms with E-state index in [1.165, 1.54) is 0 Å². The summed E-state index contributed by atoms with van der Waals surface area (Å²) in [6, 6.07) is 21.5. The Hall–Kier alpha value is -3.85. The van der Waals surface area contributed by atoms with E-state index in [-0.39, 0.29) is 11.7 Å². The van der Waals surface area contributed by atoms with Gasteiger partial charge in [-0.1, -0.05) is 42.5 Å². The van der Waals surface area contributed by atoms with E-state index < -0.39 is 0 Å². The van der Waals surface area contributed by atoms with Gasteiger partial charge in [-0.25, -0.2) is 4.98 Å². The van der Waals surface area contributed by atoms with E-state index in [0.29, 0.717) is 23.6 Å². The van der Waals surface area contributed by atoms with Crippen molar-refractivity contribution in [2.75, 3.05) is 12.3 Å². The molecule has 132 valence electrons. The third-order valence-electron chi connectivity index (χ3n) is 4.25. The molecule has 0 aliphatic rings. The first-order chi connectivity index (χ1) is 13.2. The van der Waals surface area contributed by atoms with Gasteiger partial charge in [-0.3, -0.25) is 0 Å². The van der Waals surface area contributed by atoms with Crippen LogP contribution in [-0.2, 0) is 6.42 Å². The lowest BCUT2D eigenvalue weighted by atomic mass is 10.1. The van der Waals surface area contributed by atoms with E-state index in [1.54, 1.807) is 6.07 Å². The van der Waals surface area contributed by atoms with Gasteiger partial charge in [-0.2, -0.15) is 10.2 Å². The molecule has 2 aromatic heterocycles. The first-order valence-corrected chi connectivity index (χ1v) is 8.57. The molecule has 3 N–H and O–H groups in total. The molecule has 0 atom stereocenters. The van der Waals surface area contributed by atoms with Gasteiger partial charge in [0, 0.05) is 6.42 Å². The molecule has 6 heteroatoms. The third kappa shape index (κ3) is 3.44. The van der Waals surface area contributed by atoms with Crippen LogP contribution in [0.15, 0.2) is 60.7 Å². The summed E-state index contributed by atoms with van der Waals surface area (Å²) >= 11 is 0. The maximum Gasteiger partial charge on any atom is 0.233 e. The van der Waals surface area contributed by atoms with E-state index in [1.807, 2.05) is 54.6 Å². The van der Waals surface area contributed by atoms with Crippen molar-refractivity contribution in [3.63, 3.8) is 0 Å². The van der Waals surface area contributed by atoms with Crippen molar-refractivity contribution in [3.05, 3.63) is 71.8 Å². The van der Waals surface area contributed by atoms with Crippen LogP contribution in [0.1, 0.15) is 11.1 Å². The predicted octanol–water partition coefficient (Wildman–Crippen LogP) is 3.70. The van der Waals surface area contributed by atoms with Crippen LogP contribution in [0.25, 0.3) is 22.4 Å². The van der Waals surface area contributed by atoms with E-state index in [9.17, 15) is 5.26 Å². The summed E-state index contributed by atoms with van der Waals surface area (Å²) in [4.78, 5) is 12.0. The maximum atomic E-state index is 9.50. The Labute approximate surface area is 156 Å². The number of pyridine rings is 1. The zero-order valence-electron chi connectivity index (χ0n) is 14.5. The molecule has 0 spiro atoms. The molecule has 6 nitrogen and oxygen atoms in total. The molecular weight excluding hydrogens is 338 g/mol. The first kappa shape index (κ1) is 16.6. The minimum absolute atomic E-state index is 0.241. The number of benzene rings is 2. The van der Waals surface area contributed by atoms with Gasteiger partial charge in [0.15, 0.2) is 0 Å². The number of nitrogens with one attached hydrogen (secondary N) is 1. The molecule has 2 heterocycles. The fourth-order valence-corrected chi connectivity index (χ4v) is 2.88. The largest absolute Gasteiger partial charge is 0.476 e. The molecule has 0 saturated heterocycles. The Morgan fingerprint density at radius 3 is 2.59 bits per heavy atom. The van der Waals surface area contributed by atoms with Gasteiger partial charge in [0.05, 0.1) is 23.2 Å². The van der Waals surface area contributed by atoms with Gasteiger partial charge in [0.25, 0.3) is 0 Å². The molecule has 0 aliphatic heterocycles. The average molecular weight is 355 g/mol. The summed E-state index contributed by atoms with van der Waals surface area (Å²) in [5.74, 6) is 1.09. The zero-order valence-corrected chi connectivity index (χ0v) is 14.5. The van der Waals surface area contributed by atoms with Crippen molar-refractivity contribution in [1.82, 2.24) is 15.0 Å². The highest BCUT2D eigenvalue weighted by Crippen LogP contribution is 2.29. The minimum Gasteiger partial charge on any atom is -0.476 e. The lowest BCUT2D eigenvalue weighted by Crippen LogP contribution is -2.06. The Morgan fingerprint density at radius 1 is 1.04 bits per heavy atom. The van der Waals surface area contributed by atoms with Gasteiger partial charge < -0.3 is 15.5 Å². The quantitative estimate of drug-likeness (QED) is 0.568. The first-order valence-electron chi connectivity index (χ1n) is 8.57. The number of H-pyrrole nitrogens is 1. The van der Waals surface area contributed by atoms with Gasteiger partial charge in [0.1, 0.15) is 23.3 Å². The Kier molecular flexibility index (Phi) is 4.42. The van der Waals surface area contributed by atoms with E-state index in [0.717, 1.165) is 23.0 Å². The molecule has 0 bridgehead atoms. The van der Waals surface area contributed by atoms with Crippen LogP contribution < -0.4 is 10.5 Å². The summed E-state index contributed by atoms with van der Waals surface area (Å²) in [5.41, 5.74) is 9.91. The molecular formula is C21H17N5O. The molecule has 0 saturated carbocycles. The highest BCUT2D eigenvalue weighted by atomic mass is 16.5. The molecule has 2 aromatic carbocycles. The number of fused-ring (bicyclic) bond motifs is 1. The normalized spacial score (nSPS) is 10.6. The Balaban J connectivity index is 1.59. The summed E-state index contributed by atoms with van der Waals surface area (Å²) in [7, 11) is 0. The lowest BCUT2D eigenvalue weighted by Gasteiger charge is -2.10. The van der Waals surface area contributed by atoms with Crippen LogP contribution >= 0.6 is 0 Å². The molecule has 4 aromatic rings. The molecule has 27 heavy (non-hydrogen) atoms.